The van der Waals surface area contributed by atoms with Crippen LogP contribution in [-0.4, -0.2) is 24.7 Å². The molecule has 1 aromatic rings. The van der Waals surface area contributed by atoms with Crippen LogP contribution in [0.2, 0.25) is 0 Å². The minimum absolute atomic E-state index is 0. The third kappa shape index (κ3) is 5.38. The standard InChI is InChI=1S/C13H19NO3.ClH/c1-17-12-6-4-10(5-7-12)9-11(13(15)16)3-2-8-14;/h4-7,11H,2-3,8-9,14H2,1H3,(H,15,16);1H. The number of benzene rings is 1. The molecule has 5 heteroatoms. The fourth-order valence-corrected chi connectivity index (χ4v) is 1.72. The van der Waals surface area contributed by atoms with Crippen LogP contribution in [0.4, 0.5) is 0 Å². The summed E-state index contributed by atoms with van der Waals surface area (Å²) >= 11 is 0. The van der Waals surface area contributed by atoms with E-state index in [2.05, 4.69) is 0 Å². The number of rotatable bonds is 7. The van der Waals surface area contributed by atoms with Crippen molar-refractivity contribution in [3.05, 3.63) is 29.8 Å². The molecule has 1 atom stereocenters. The van der Waals surface area contributed by atoms with Gasteiger partial charge in [0, 0.05) is 0 Å². The van der Waals surface area contributed by atoms with Crippen molar-refractivity contribution in [3.8, 4) is 5.75 Å². The van der Waals surface area contributed by atoms with E-state index in [9.17, 15) is 4.79 Å². The number of carboxylic acids is 1. The van der Waals surface area contributed by atoms with Crippen LogP contribution in [0.3, 0.4) is 0 Å². The summed E-state index contributed by atoms with van der Waals surface area (Å²) in [6, 6.07) is 7.49. The van der Waals surface area contributed by atoms with Crippen molar-refractivity contribution in [1.82, 2.24) is 0 Å². The first-order valence-electron chi connectivity index (χ1n) is 5.73. The van der Waals surface area contributed by atoms with Crippen LogP contribution in [0.1, 0.15) is 18.4 Å². The van der Waals surface area contributed by atoms with Crippen LogP contribution in [0, 0.1) is 5.92 Å². The van der Waals surface area contributed by atoms with E-state index in [0.717, 1.165) is 17.7 Å². The van der Waals surface area contributed by atoms with Crippen LogP contribution < -0.4 is 10.5 Å². The summed E-state index contributed by atoms with van der Waals surface area (Å²) in [6.07, 6.45) is 1.91. The van der Waals surface area contributed by atoms with E-state index in [1.165, 1.54) is 0 Å². The van der Waals surface area contributed by atoms with Gasteiger partial charge in [-0.15, -0.1) is 12.4 Å². The lowest BCUT2D eigenvalue weighted by Crippen LogP contribution is -2.17. The van der Waals surface area contributed by atoms with E-state index < -0.39 is 5.97 Å². The van der Waals surface area contributed by atoms with Gasteiger partial charge in [0.15, 0.2) is 0 Å². The molecule has 0 saturated carbocycles. The van der Waals surface area contributed by atoms with Crippen molar-refractivity contribution in [1.29, 1.82) is 0 Å². The molecule has 0 bridgehead atoms. The van der Waals surface area contributed by atoms with Gasteiger partial charge in [0.1, 0.15) is 5.75 Å². The molecule has 1 aromatic carbocycles. The van der Waals surface area contributed by atoms with Gasteiger partial charge in [0.05, 0.1) is 13.0 Å². The average molecular weight is 274 g/mol. The van der Waals surface area contributed by atoms with Gasteiger partial charge in [0.2, 0.25) is 0 Å². The zero-order valence-electron chi connectivity index (χ0n) is 10.5. The van der Waals surface area contributed by atoms with Crippen molar-refractivity contribution in [2.24, 2.45) is 11.7 Å². The fourth-order valence-electron chi connectivity index (χ4n) is 1.72. The molecule has 0 heterocycles. The summed E-state index contributed by atoms with van der Waals surface area (Å²) in [5, 5.41) is 9.10. The lowest BCUT2D eigenvalue weighted by molar-refractivity contribution is -0.141. The number of methoxy groups -OCH3 is 1. The molecule has 1 unspecified atom stereocenters. The van der Waals surface area contributed by atoms with Crippen molar-refractivity contribution >= 4 is 18.4 Å². The number of aliphatic carboxylic acids is 1. The summed E-state index contributed by atoms with van der Waals surface area (Å²) in [6.45, 7) is 0.534. The van der Waals surface area contributed by atoms with E-state index >= 15 is 0 Å². The number of carbonyl (C=O) groups is 1. The van der Waals surface area contributed by atoms with Gasteiger partial charge in [-0.05, 0) is 43.5 Å². The van der Waals surface area contributed by atoms with Gasteiger partial charge in [-0.1, -0.05) is 12.1 Å². The molecule has 3 N–H and O–H groups in total. The Morgan fingerprint density at radius 3 is 2.44 bits per heavy atom. The van der Waals surface area contributed by atoms with Gasteiger partial charge < -0.3 is 15.6 Å². The van der Waals surface area contributed by atoms with Gasteiger partial charge in [0.25, 0.3) is 0 Å². The Hall–Kier alpha value is -1.26. The van der Waals surface area contributed by atoms with Crippen molar-refractivity contribution in [3.63, 3.8) is 0 Å². The van der Waals surface area contributed by atoms with E-state index in [-0.39, 0.29) is 18.3 Å². The lowest BCUT2D eigenvalue weighted by atomic mass is 9.95. The number of hydrogen-bond acceptors (Lipinski definition) is 3. The number of halogens is 1. The Morgan fingerprint density at radius 2 is 2.00 bits per heavy atom. The lowest BCUT2D eigenvalue weighted by Gasteiger charge is -2.12. The van der Waals surface area contributed by atoms with E-state index in [4.69, 9.17) is 15.6 Å². The Balaban J connectivity index is 0.00000289. The minimum Gasteiger partial charge on any atom is -0.497 e. The molecule has 0 radical (unpaired) electrons. The largest absolute Gasteiger partial charge is 0.497 e. The highest BCUT2D eigenvalue weighted by Crippen LogP contribution is 2.17. The zero-order chi connectivity index (χ0) is 12.7. The SMILES string of the molecule is COc1ccc(CC(CCCN)C(=O)O)cc1.Cl. The molecule has 0 aliphatic carbocycles. The van der Waals surface area contributed by atoms with Gasteiger partial charge in [-0.3, -0.25) is 4.79 Å². The maximum Gasteiger partial charge on any atom is 0.306 e. The molecular weight excluding hydrogens is 254 g/mol. The van der Waals surface area contributed by atoms with Gasteiger partial charge >= 0.3 is 5.97 Å². The van der Waals surface area contributed by atoms with E-state index in [1.807, 2.05) is 24.3 Å². The molecule has 0 aromatic heterocycles. The molecule has 0 aliphatic heterocycles. The smallest absolute Gasteiger partial charge is 0.306 e. The highest BCUT2D eigenvalue weighted by atomic mass is 35.5. The molecule has 0 amide bonds. The first kappa shape index (κ1) is 16.7. The number of hydrogen-bond donors (Lipinski definition) is 2. The maximum absolute atomic E-state index is 11.1. The highest BCUT2D eigenvalue weighted by Gasteiger charge is 2.17. The van der Waals surface area contributed by atoms with Crippen molar-refractivity contribution < 1.29 is 14.6 Å². The summed E-state index contributed by atoms with van der Waals surface area (Å²) in [5.41, 5.74) is 6.41. The Kier molecular flexibility index (Phi) is 8.16. The molecule has 0 saturated heterocycles. The predicted molar refractivity (Wildman–Crippen MR) is 73.4 cm³/mol. The minimum atomic E-state index is -0.755. The first-order chi connectivity index (χ1) is 8.17. The van der Waals surface area contributed by atoms with Gasteiger partial charge in [-0.2, -0.15) is 0 Å². The Morgan fingerprint density at radius 1 is 1.39 bits per heavy atom. The predicted octanol–water partition coefficient (Wildman–Crippen LogP) is 2.10. The second-order valence-electron chi connectivity index (χ2n) is 4.02. The van der Waals surface area contributed by atoms with Gasteiger partial charge in [-0.25, -0.2) is 0 Å². The highest BCUT2D eigenvalue weighted by molar-refractivity contribution is 5.85. The monoisotopic (exact) mass is 273 g/mol. The summed E-state index contributed by atoms with van der Waals surface area (Å²) in [7, 11) is 1.61. The van der Waals surface area contributed by atoms with Crippen molar-refractivity contribution in [2.45, 2.75) is 19.3 Å². The average Bonchev–Trinajstić information content (AvgIpc) is 2.35. The number of carboxylic acid groups (broad SMARTS) is 1. The maximum atomic E-state index is 11.1. The summed E-state index contributed by atoms with van der Waals surface area (Å²) in [4.78, 5) is 11.1. The van der Waals surface area contributed by atoms with Crippen LogP contribution in [-0.2, 0) is 11.2 Å². The van der Waals surface area contributed by atoms with Crippen LogP contribution in [0.25, 0.3) is 0 Å². The summed E-state index contributed by atoms with van der Waals surface area (Å²) in [5.74, 6) is -0.330. The molecule has 102 valence electrons. The molecule has 0 spiro atoms. The quantitative estimate of drug-likeness (QED) is 0.798. The third-order valence-corrected chi connectivity index (χ3v) is 2.75. The van der Waals surface area contributed by atoms with Crippen LogP contribution in [0.15, 0.2) is 24.3 Å². The Labute approximate surface area is 114 Å². The molecule has 1 rings (SSSR count). The Bertz CT molecular complexity index is 354. The molecular formula is C13H20ClNO3. The topological polar surface area (TPSA) is 72.5 Å². The molecule has 0 aliphatic rings. The van der Waals surface area contributed by atoms with Crippen LogP contribution >= 0.6 is 12.4 Å². The fraction of sp³-hybridized carbons (Fsp3) is 0.462. The first-order valence-corrected chi connectivity index (χ1v) is 5.73. The third-order valence-electron chi connectivity index (χ3n) is 2.75. The van der Waals surface area contributed by atoms with Crippen molar-refractivity contribution in [2.75, 3.05) is 13.7 Å². The van der Waals surface area contributed by atoms with Crippen LogP contribution in [0.5, 0.6) is 5.75 Å². The molecule has 0 fully saturated rings. The summed E-state index contributed by atoms with van der Waals surface area (Å²) < 4.78 is 5.05. The van der Waals surface area contributed by atoms with E-state index in [0.29, 0.717) is 19.4 Å². The second kappa shape index (κ2) is 8.78. The number of ether oxygens (including phenoxy) is 1. The molecule has 4 nitrogen and oxygen atoms in total. The normalized spacial score (nSPS) is 11.4. The number of nitrogens with two attached hydrogens (primary N) is 1. The van der Waals surface area contributed by atoms with E-state index in [1.54, 1.807) is 7.11 Å². The second-order valence-corrected chi connectivity index (χ2v) is 4.02. The molecule has 18 heavy (non-hydrogen) atoms. The zero-order valence-corrected chi connectivity index (χ0v) is 11.3.